The number of nitrogens with two attached hydrogens (primary N) is 1. The SMILES string of the molecule is CC(O)C(O)C1=Nc2c([nH]c(N)nc2=O)NC1. The molecule has 2 rings (SSSR count). The molecule has 0 aromatic carbocycles. The number of hydrogen-bond acceptors (Lipinski definition) is 7. The minimum absolute atomic E-state index is 0.00373. The highest BCUT2D eigenvalue weighted by atomic mass is 16.3. The van der Waals surface area contributed by atoms with Gasteiger partial charge >= 0.3 is 5.56 Å². The van der Waals surface area contributed by atoms with Gasteiger partial charge in [-0.05, 0) is 6.92 Å². The lowest BCUT2D eigenvalue weighted by atomic mass is 10.1. The molecule has 0 aliphatic carbocycles. The van der Waals surface area contributed by atoms with Crippen LogP contribution in [0.4, 0.5) is 17.5 Å². The first-order chi connectivity index (χ1) is 7.99. The van der Waals surface area contributed by atoms with E-state index in [0.29, 0.717) is 5.82 Å². The van der Waals surface area contributed by atoms with Gasteiger partial charge in [-0.2, -0.15) is 4.98 Å². The van der Waals surface area contributed by atoms with Crippen molar-refractivity contribution < 1.29 is 10.2 Å². The molecule has 2 atom stereocenters. The number of aromatic amines is 1. The Morgan fingerprint density at radius 2 is 2.18 bits per heavy atom. The van der Waals surface area contributed by atoms with Gasteiger partial charge in [-0.15, -0.1) is 0 Å². The molecular weight excluding hydrogens is 226 g/mol. The summed E-state index contributed by atoms with van der Waals surface area (Å²) in [6, 6.07) is 0. The zero-order valence-electron chi connectivity index (χ0n) is 9.14. The monoisotopic (exact) mass is 239 g/mol. The lowest BCUT2D eigenvalue weighted by molar-refractivity contribution is 0.0731. The van der Waals surface area contributed by atoms with E-state index in [0.717, 1.165) is 0 Å². The van der Waals surface area contributed by atoms with Crippen LogP contribution < -0.4 is 16.6 Å². The van der Waals surface area contributed by atoms with Gasteiger partial charge in [0.25, 0.3) is 0 Å². The van der Waals surface area contributed by atoms with Crippen LogP contribution in [0.2, 0.25) is 0 Å². The van der Waals surface area contributed by atoms with Crippen LogP contribution in [-0.4, -0.2) is 44.6 Å². The van der Waals surface area contributed by atoms with E-state index in [2.05, 4.69) is 20.3 Å². The van der Waals surface area contributed by atoms with Gasteiger partial charge in [-0.1, -0.05) is 0 Å². The number of fused-ring (bicyclic) bond motifs is 1. The summed E-state index contributed by atoms with van der Waals surface area (Å²) in [4.78, 5) is 21.7. The van der Waals surface area contributed by atoms with E-state index < -0.39 is 17.8 Å². The van der Waals surface area contributed by atoms with Crippen molar-refractivity contribution in [1.29, 1.82) is 0 Å². The maximum atomic E-state index is 11.5. The summed E-state index contributed by atoms with van der Waals surface area (Å²) < 4.78 is 0. The first-order valence-corrected chi connectivity index (χ1v) is 5.06. The first kappa shape index (κ1) is 11.6. The van der Waals surface area contributed by atoms with Gasteiger partial charge < -0.3 is 26.2 Å². The van der Waals surface area contributed by atoms with Crippen molar-refractivity contribution in [2.75, 3.05) is 17.6 Å². The summed E-state index contributed by atoms with van der Waals surface area (Å²) in [6.07, 6.45) is -2.08. The number of rotatable bonds is 2. The van der Waals surface area contributed by atoms with Crippen LogP contribution in [-0.2, 0) is 0 Å². The normalized spacial score (nSPS) is 17.7. The van der Waals surface area contributed by atoms with Gasteiger partial charge in [0.15, 0.2) is 5.69 Å². The molecule has 0 saturated carbocycles. The van der Waals surface area contributed by atoms with Gasteiger partial charge in [0.2, 0.25) is 5.95 Å². The molecular formula is C9H13N5O3. The van der Waals surface area contributed by atoms with E-state index >= 15 is 0 Å². The zero-order valence-corrected chi connectivity index (χ0v) is 9.14. The Hall–Kier alpha value is -1.93. The second-order valence-electron chi connectivity index (χ2n) is 3.79. The highest BCUT2D eigenvalue weighted by Crippen LogP contribution is 2.22. The van der Waals surface area contributed by atoms with Crippen molar-refractivity contribution in [3.63, 3.8) is 0 Å². The van der Waals surface area contributed by atoms with E-state index in [9.17, 15) is 15.0 Å². The van der Waals surface area contributed by atoms with Crippen molar-refractivity contribution in [1.82, 2.24) is 9.97 Å². The molecule has 2 unspecified atom stereocenters. The van der Waals surface area contributed by atoms with E-state index in [-0.39, 0.29) is 23.9 Å². The molecule has 2 heterocycles. The van der Waals surface area contributed by atoms with Crippen LogP contribution in [0.5, 0.6) is 0 Å². The van der Waals surface area contributed by atoms with E-state index in [1.54, 1.807) is 0 Å². The van der Waals surface area contributed by atoms with Gasteiger partial charge in [0.1, 0.15) is 11.9 Å². The van der Waals surface area contributed by atoms with Crippen LogP contribution in [0.3, 0.4) is 0 Å². The molecule has 1 aromatic rings. The number of anilines is 2. The molecule has 8 heteroatoms. The maximum absolute atomic E-state index is 11.5. The quantitative estimate of drug-likeness (QED) is 0.430. The minimum Gasteiger partial charge on any atom is -0.390 e. The van der Waals surface area contributed by atoms with E-state index in [1.807, 2.05) is 0 Å². The Bertz CT molecular complexity index is 522. The number of nitrogen functional groups attached to an aromatic ring is 1. The lowest BCUT2D eigenvalue weighted by Crippen LogP contribution is -2.38. The third kappa shape index (κ3) is 2.12. The van der Waals surface area contributed by atoms with Gasteiger partial charge in [-0.3, -0.25) is 4.79 Å². The fourth-order valence-corrected chi connectivity index (χ4v) is 1.53. The Morgan fingerprint density at radius 3 is 2.82 bits per heavy atom. The number of nitrogens with zero attached hydrogens (tertiary/aromatic N) is 2. The molecule has 0 fully saturated rings. The number of aliphatic hydroxyl groups excluding tert-OH is 2. The lowest BCUT2D eigenvalue weighted by Gasteiger charge is -2.21. The molecule has 0 saturated heterocycles. The minimum atomic E-state index is -1.12. The summed E-state index contributed by atoms with van der Waals surface area (Å²) in [7, 11) is 0. The highest BCUT2D eigenvalue weighted by Gasteiger charge is 2.23. The summed E-state index contributed by atoms with van der Waals surface area (Å²) in [6.45, 7) is 1.66. The highest BCUT2D eigenvalue weighted by molar-refractivity contribution is 5.97. The third-order valence-corrected chi connectivity index (χ3v) is 2.41. The summed E-state index contributed by atoms with van der Waals surface area (Å²) in [5.74, 6) is 0.361. The molecule has 6 N–H and O–H groups in total. The van der Waals surface area contributed by atoms with Gasteiger partial charge in [0, 0.05) is 0 Å². The standard InChI is InChI=1S/C9H13N5O3/c1-3(15)6(16)4-2-11-7-5(12-4)8(17)14-9(10)13-7/h3,6,15-16H,2H2,1H3,(H4,10,11,13,14,17). The average Bonchev–Trinajstić information content (AvgIpc) is 2.27. The number of hydrogen-bond donors (Lipinski definition) is 5. The fourth-order valence-electron chi connectivity index (χ4n) is 1.53. The molecule has 17 heavy (non-hydrogen) atoms. The molecule has 8 nitrogen and oxygen atoms in total. The maximum Gasteiger partial charge on any atom is 0.302 e. The smallest absolute Gasteiger partial charge is 0.302 e. The summed E-state index contributed by atoms with van der Waals surface area (Å²) >= 11 is 0. The van der Waals surface area contributed by atoms with Crippen LogP contribution in [0.25, 0.3) is 0 Å². The van der Waals surface area contributed by atoms with E-state index in [1.165, 1.54) is 6.92 Å². The molecule has 0 radical (unpaired) electrons. The number of aromatic nitrogens is 2. The second-order valence-corrected chi connectivity index (χ2v) is 3.79. The van der Waals surface area contributed by atoms with Crippen molar-refractivity contribution in [2.24, 2.45) is 4.99 Å². The molecule has 1 aliphatic heterocycles. The Labute approximate surface area is 96.2 Å². The van der Waals surface area contributed by atoms with Crippen molar-refractivity contribution >= 4 is 23.2 Å². The summed E-state index contributed by atoms with van der Waals surface area (Å²) in [5.41, 5.74) is 5.13. The second kappa shape index (κ2) is 4.15. The molecule has 0 spiro atoms. The summed E-state index contributed by atoms with van der Waals surface area (Å²) in [5, 5.41) is 21.8. The molecule has 1 aliphatic rings. The van der Waals surface area contributed by atoms with Gasteiger partial charge in [0.05, 0.1) is 18.4 Å². The van der Waals surface area contributed by atoms with E-state index in [4.69, 9.17) is 5.73 Å². The predicted octanol–water partition coefficient (Wildman–Crippen LogP) is -1.41. The van der Waals surface area contributed by atoms with Crippen LogP contribution in [0, 0.1) is 0 Å². The molecule has 92 valence electrons. The molecule has 0 amide bonds. The topological polar surface area (TPSA) is 137 Å². The Morgan fingerprint density at radius 1 is 1.47 bits per heavy atom. The molecule has 0 bridgehead atoms. The van der Waals surface area contributed by atoms with Crippen LogP contribution in [0.15, 0.2) is 9.79 Å². The first-order valence-electron chi connectivity index (χ1n) is 5.06. The third-order valence-electron chi connectivity index (χ3n) is 2.41. The Kier molecular flexibility index (Phi) is 2.82. The van der Waals surface area contributed by atoms with Crippen LogP contribution in [0.1, 0.15) is 6.92 Å². The van der Waals surface area contributed by atoms with Crippen molar-refractivity contribution in [3.05, 3.63) is 10.4 Å². The van der Waals surface area contributed by atoms with Crippen LogP contribution >= 0.6 is 0 Å². The number of aliphatic imine (C=N–C) groups is 1. The number of aliphatic hydroxyl groups is 2. The zero-order chi connectivity index (χ0) is 12.6. The van der Waals surface area contributed by atoms with Gasteiger partial charge in [-0.25, -0.2) is 4.99 Å². The number of nitrogens with one attached hydrogen (secondary N) is 2. The van der Waals surface area contributed by atoms with Crippen molar-refractivity contribution in [3.8, 4) is 0 Å². The fraction of sp³-hybridized carbons (Fsp3) is 0.444. The van der Waals surface area contributed by atoms with Crippen molar-refractivity contribution in [2.45, 2.75) is 19.1 Å². The molecule has 1 aromatic heterocycles. The average molecular weight is 239 g/mol. The predicted molar refractivity (Wildman–Crippen MR) is 62.5 cm³/mol. The number of H-pyrrole nitrogens is 1. The Balaban J connectivity index is 2.45. The largest absolute Gasteiger partial charge is 0.390 e.